The van der Waals surface area contributed by atoms with Crippen LogP contribution in [0.4, 0.5) is 0 Å². The fourth-order valence-electron chi connectivity index (χ4n) is 2.22. The maximum Gasteiger partial charge on any atom is 0.251 e. The van der Waals surface area contributed by atoms with Crippen LogP contribution in [-0.4, -0.2) is 32.8 Å². The number of nitrogens with one attached hydrogen (secondary N) is 1. The van der Waals surface area contributed by atoms with E-state index in [1.165, 1.54) is 6.33 Å². The Morgan fingerprint density at radius 1 is 1.21 bits per heavy atom. The summed E-state index contributed by atoms with van der Waals surface area (Å²) in [5.41, 5.74) is 2.59. The van der Waals surface area contributed by atoms with Crippen molar-refractivity contribution in [2.75, 3.05) is 7.11 Å². The number of methoxy groups -OCH3 is 1. The second-order valence-electron chi connectivity index (χ2n) is 5.18. The van der Waals surface area contributed by atoms with Crippen molar-refractivity contribution >= 4 is 5.91 Å². The SMILES string of the molecule is COc1cc(CNC(=O)c2ccc(Cn3cncn3)cc2)ccn1. The van der Waals surface area contributed by atoms with E-state index in [4.69, 9.17) is 4.74 Å². The van der Waals surface area contributed by atoms with Crippen LogP contribution in [-0.2, 0) is 13.1 Å². The predicted octanol–water partition coefficient (Wildman–Crippen LogP) is 1.66. The van der Waals surface area contributed by atoms with Crippen LogP contribution < -0.4 is 10.1 Å². The number of hydrogen-bond donors (Lipinski definition) is 1. The number of benzene rings is 1. The average Bonchev–Trinajstić information content (AvgIpc) is 3.13. The topological polar surface area (TPSA) is 81.9 Å². The van der Waals surface area contributed by atoms with Gasteiger partial charge >= 0.3 is 0 Å². The normalized spacial score (nSPS) is 10.4. The third-order valence-corrected chi connectivity index (χ3v) is 3.49. The molecule has 3 rings (SSSR count). The highest BCUT2D eigenvalue weighted by Gasteiger charge is 2.06. The van der Waals surface area contributed by atoms with Crippen LogP contribution in [0.15, 0.2) is 55.2 Å². The highest BCUT2D eigenvalue weighted by Crippen LogP contribution is 2.09. The lowest BCUT2D eigenvalue weighted by Crippen LogP contribution is -2.22. The third kappa shape index (κ3) is 3.95. The lowest BCUT2D eigenvalue weighted by molar-refractivity contribution is 0.0951. The Balaban J connectivity index is 1.58. The largest absolute Gasteiger partial charge is 0.481 e. The zero-order valence-corrected chi connectivity index (χ0v) is 13.2. The summed E-state index contributed by atoms with van der Waals surface area (Å²) in [7, 11) is 1.56. The summed E-state index contributed by atoms with van der Waals surface area (Å²) in [6.07, 6.45) is 4.80. The minimum absolute atomic E-state index is 0.127. The summed E-state index contributed by atoms with van der Waals surface area (Å²) >= 11 is 0. The molecule has 1 aromatic carbocycles. The number of aromatic nitrogens is 4. The van der Waals surface area contributed by atoms with E-state index in [1.807, 2.05) is 18.2 Å². The lowest BCUT2D eigenvalue weighted by atomic mass is 10.1. The number of amides is 1. The minimum Gasteiger partial charge on any atom is -0.481 e. The summed E-state index contributed by atoms with van der Waals surface area (Å²) in [5.74, 6) is 0.400. The van der Waals surface area contributed by atoms with E-state index in [0.717, 1.165) is 11.1 Å². The maximum atomic E-state index is 12.2. The molecule has 24 heavy (non-hydrogen) atoms. The fourth-order valence-corrected chi connectivity index (χ4v) is 2.22. The molecule has 0 spiro atoms. The van der Waals surface area contributed by atoms with Crippen LogP contribution in [0.25, 0.3) is 0 Å². The average molecular weight is 323 g/mol. The Kier molecular flexibility index (Phi) is 4.81. The Hall–Kier alpha value is -3.22. The second-order valence-corrected chi connectivity index (χ2v) is 5.18. The van der Waals surface area contributed by atoms with Crippen LogP contribution in [0.2, 0.25) is 0 Å². The fraction of sp³-hybridized carbons (Fsp3) is 0.176. The Morgan fingerprint density at radius 2 is 2.04 bits per heavy atom. The molecule has 0 unspecified atom stereocenters. The number of carbonyl (C=O) groups is 1. The number of rotatable bonds is 6. The van der Waals surface area contributed by atoms with Gasteiger partial charge in [-0.25, -0.2) is 14.6 Å². The molecule has 1 N–H and O–H groups in total. The Morgan fingerprint density at radius 3 is 2.75 bits per heavy atom. The summed E-state index contributed by atoms with van der Waals surface area (Å²) in [6.45, 7) is 1.04. The van der Waals surface area contributed by atoms with Crippen molar-refractivity contribution in [3.8, 4) is 5.88 Å². The van der Waals surface area contributed by atoms with Gasteiger partial charge in [-0.3, -0.25) is 4.79 Å². The summed E-state index contributed by atoms with van der Waals surface area (Å²) in [6, 6.07) is 11.0. The molecule has 2 aromatic heterocycles. The summed E-state index contributed by atoms with van der Waals surface area (Å²) in [5, 5.41) is 6.94. The van der Waals surface area contributed by atoms with Crippen LogP contribution in [0.5, 0.6) is 5.88 Å². The molecule has 0 saturated carbocycles. The molecule has 0 saturated heterocycles. The van der Waals surface area contributed by atoms with Gasteiger partial charge in [0, 0.05) is 24.4 Å². The zero-order chi connectivity index (χ0) is 16.8. The van der Waals surface area contributed by atoms with Gasteiger partial charge in [-0.1, -0.05) is 12.1 Å². The van der Waals surface area contributed by atoms with Crippen molar-refractivity contribution in [1.82, 2.24) is 25.1 Å². The standard InChI is InChI=1S/C17H17N5O2/c1-24-16-8-14(6-7-19-16)9-20-17(23)15-4-2-13(3-5-15)10-22-12-18-11-21-22/h2-8,11-12H,9-10H2,1H3,(H,20,23). The molecule has 0 aliphatic heterocycles. The summed E-state index contributed by atoms with van der Waals surface area (Å²) < 4.78 is 6.80. The zero-order valence-electron chi connectivity index (χ0n) is 13.2. The van der Waals surface area contributed by atoms with Gasteiger partial charge in [0.05, 0.1) is 13.7 Å². The predicted molar refractivity (Wildman–Crippen MR) is 87.5 cm³/mol. The molecule has 1 amide bonds. The minimum atomic E-state index is -0.127. The van der Waals surface area contributed by atoms with Crippen molar-refractivity contribution < 1.29 is 9.53 Å². The van der Waals surface area contributed by atoms with Gasteiger partial charge in [0.25, 0.3) is 5.91 Å². The highest BCUT2D eigenvalue weighted by atomic mass is 16.5. The molecule has 122 valence electrons. The molecule has 0 aliphatic rings. The molecule has 2 heterocycles. The lowest BCUT2D eigenvalue weighted by Gasteiger charge is -2.07. The van der Waals surface area contributed by atoms with E-state index in [-0.39, 0.29) is 5.91 Å². The van der Waals surface area contributed by atoms with Gasteiger partial charge in [0.1, 0.15) is 12.7 Å². The molecule has 7 heteroatoms. The van der Waals surface area contributed by atoms with Crippen LogP contribution in [0.3, 0.4) is 0 Å². The maximum absolute atomic E-state index is 12.2. The first-order valence-electron chi connectivity index (χ1n) is 7.43. The van der Waals surface area contributed by atoms with E-state index >= 15 is 0 Å². The molecule has 0 fully saturated rings. The van der Waals surface area contributed by atoms with Gasteiger partial charge in [-0.05, 0) is 29.3 Å². The van der Waals surface area contributed by atoms with E-state index in [9.17, 15) is 4.79 Å². The molecular weight excluding hydrogens is 306 g/mol. The molecule has 0 aliphatic carbocycles. The van der Waals surface area contributed by atoms with E-state index in [1.54, 1.807) is 42.5 Å². The molecule has 0 atom stereocenters. The van der Waals surface area contributed by atoms with Gasteiger partial charge < -0.3 is 10.1 Å². The molecule has 3 aromatic rings. The molecule has 0 bridgehead atoms. The Bertz CT molecular complexity index is 800. The van der Waals surface area contributed by atoms with Gasteiger partial charge in [-0.15, -0.1) is 0 Å². The monoisotopic (exact) mass is 323 g/mol. The number of pyridine rings is 1. The first-order valence-corrected chi connectivity index (χ1v) is 7.43. The summed E-state index contributed by atoms with van der Waals surface area (Å²) in [4.78, 5) is 20.2. The van der Waals surface area contributed by atoms with Gasteiger partial charge in [0.2, 0.25) is 5.88 Å². The van der Waals surface area contributed by atoms with Crippen molar-refractivity contribution in [2.24, 2.45) is 0 Å². The smallest absolute Gasteiger partial charge is 0.251 e. The Labute approximate surface area is 139 Å². The number of hydrogen-bond acceptors (Lipinski definition) is 5. The molecular formula is C17H17N5O2. The van der Waals surface area contributed by atoms with Crippen molar-refractivity contribution in [2.45, 2.75) is 13.1 Å². The second kappa shape index (κ2) is 7.36. The van der Waals surface area contributed by atoms with Crippen molar-refractivity contribution in [1.29, 1.82) is 0 Å². The molecule has 7 nitrogen and oxygen atoms in total. The van der Waals surface area contributed by atoms with E-state index < -0.39 is 0 Å². The first-order chi connectivity index (χ1) is 11.7. The van der Waals surface area contributed by atoms with Gasteiger partial charge in [-0.2, -0.15) is 5.10 Å². The quantitative estimate of drug-likeness (QED) is 0.746. The highest BCUT2D eigenvalue weighted by molar-refractivity contribution is 5.94. The molecule has 0 radical (unpaired) electrons. The number of ether oxygens (including phenoxy) is 1. The third-order valence-electron chi connectivity index (χ3n) is 3.49. The van der Waals surface area contributed by atoms with E-state index in [0.29, 0.717) is 24.5 Å². The van der Waals surface area contributed by atoms with Gasteiger partial charge in [0.15, 0.2) is 0 Å². The van der Waals surface area contributed by atoms with Crippen molar-refractivity contribution in [3.05, 3.63) is 71.9 Å². The van der Waals surface area contributed by atoms with Crippen molar-refractivity contribution in [3.63, 3.8) is 0 Å². The number of nitrogens with zero attached hydrogens (tertiary/aromatic N) is 4. The van der Waals surface area contributed by atoms with E-state index in [2.05, 4.69) is 20.4 Å². The van der Waals surface area contributed by atoms with Crippen LogP contribution >= 0.6 is 0 Å². The van der Waals surface area contributed by atoms with Crippen LogP contribution in [0.1, 0.15) is 21.5 Å². The van der Waals surface area contributed by atoms with Crippen LogP contribution in [0, 0.1) is 0 Å². The first kappa shape index (κ1) is 15.7. The number of carbonyl (C=O) groups excluding carboxylic acids is 1.